The summed E-state index contributed by atoms with van der Waals surface area (Å²) in [6.07, 6.45) is 5.09. The van der Waals surface area contributed by atoms with Crippen molar-refractivity contribution in [3.63, 3.8) is 0 Å². The molecule has 0 heterocycles. The summed E-state index contributed by atoms with van der Waals surface area (Å²) in [7, 11) is 0. The van der Waals surface area contributed by atoms with Crippen molar-refractivity contribution in [1.82, 2.24) is 5.32 Å². The summed E-state index contributed by atoms with van der Waals surface area (Å²) in [4.78, 5) is 34.8. The molecule has 2 fully saturated rings. The number of hydrogen-bond donors (Lipinski definition) is 3. The number of fused-ring (bicyclic) bond motifs is 5. The molecule has 3 aliphatic carbocycles. The van der Waals surface area contributed by atoms with Gasteiger partial charge in [-0.3, -0.25) is 9.59 Å². The second-order valence-electron chi connectivity index (χ2n) is 10.0. The summed E-state index contributed by atoms with van der Waals surface area (Å²) in [6, 6.07) is 13.8. The normalized spacial score (nSPS) is 29.1. The zero-order valence-corrected chi connectivity index (χ0v) is 19.8. The van der Waals surface area contributed by atoms with Crippen LogP contribution in [-0.2, 0) is 16.0 Å². The second-order valence-corrected chi connectivity index (χ2v) is 10.0. The van der Waals surface area contributed by atoms with Crippen LogP contribution < -0.4 is 5.32 Å². The molecule has 0 saturated heterocycles. The van der Waals surface area contributed by atoms with Gasteiger partial charge in [0.15, 0.2) is 5.78 Å². The van der Waals surface area contributed by atoms with Crippen molar-refractivity contribution in [2.45, 2.75) is 64.3 Å². The molecular weight excluding hydrogens is 430 g/mol. The Hall–Kier alpha value is -3.15. The average Bonchev–Trinajstić information content (AvgIpc) is 3.09. The lowest BCUT2D eigenvalue weighted by atomic mass is 9.55. The van der Waals surface area contributed by atoms with Gasteiger partial charge in [0.2, 0.25) is 5.91 Å². The first-order valence-corrected chi connectivity index (χ1v) is 12.2. The number of amides is 1. The first-order chi connectivity index (χ1) is 16.2. The Kier molecular flexibility index (Phi) is 6.78. The number of nitrogens with one attached hydrogen (secondary N) is 1. The molecule has 3 aliphatic rings. The van der Waals surface area contributed by atoms with Gasteiger partial charge in [0.25, 0.3) is 0 Å². The second kappa shape index (κ2) is 9.61. The third-order valence-electron chi connectivity index (χ3n) is 8.20. The molecule has 2 aromatic rings. The molecule has 0 bridgehead atoms. The number of phenolic OH excluding ortho intramolecular Hbond substituents is 1. The van der Waals surface area contributed by atoms with Crippen molar-refractivity contribution in [3.8, 4) is 5.75 Å². The van der Waals surface area contributed by atoms with E-state index in [0.717, 1.165) is 25.7 Å². The van der Waals surface area contributed by atoms with Crippen LogP contribution in [0.15, 0.2) is 48.5 Å². The lowest BCUT2D eigenvalue weighted by Gasteiger charge is -2.50. The Morgan fingerprint density at radius 3 is 2.50 bits per heavy atom. The third-order valence-corrected chi connectivity index (χ3v) is 8.20. The standard InChI is InChI=1S/C21H27NO3.C7H6O2/c1-3-19(25)22-20-18(24)11-17-16-6-4-12-10-13(23)5-7-14(12)15(16)8-9-21(17,20)2;8-7(9)6-4-2-1-3-5-6/h5,7,10,15-17,20,23H,3-4,6,8-9,11H2,1-2H3,(H,22,25);1-5H,(H,8,9)/t15-,16-,17+,20+,21+;/m1./s1. The fraction of sp³-hybridized carbons (Fsp3) is 0.464. The van der Waals surface area contributed by atoms with E-state index in [9.17, 15) is 19.5 Å². The molecule has 180 valence electrons. The average molecular weight is 464 g/mol. The predicted molar refractivity (Wildman–Crippen MR) is 129 cm³/mol. The number of ketones is 1. The van der Waals surface area contributed by atoms with Crippen LogP contribution in [0.4, 0.5) is 0 Å². The number of Topliss-reactive ketones (excluding diaryl/α,β-unsaturated/α-hetero) is 1. The molecule has 0 spiro atoms. The van der Waals surface area contributed by atoms with E-state index >= 15 is 0 Å². The molecule has 0 aliphatic heterocycles. The monoisotopic (exact) mass is 463 g/mol. The summed E-state index contributed by atoms with van der Waals surface area (Å²) < 4.78 is 0. The van der Waals surface area contributed by atoms with Crippen LogP contribution in [-0.4, -0.2) is 33.9 Å². The van der Waals surface area contributed by atoms with E-state index in [-0.39, 0.29) is 23.1 Å². The molecule has 0 aromatic heterocycles. The van der Waals surface area contributed by atoms with E-state index < -0.39 is 5.97 Å². The van der Waals surface area contributed by atoms with Crippen LogP contribution in [0.25, 0.3) is 0 Å². The maximum Gasteiger partial charge on any atom is 0.335 e. The smallest absolute Gasteiger partial charge is 0.335 e. The summed E-state index contributed by atoms with van der Waals surface area (Å²) in [5.74, 6) is 0.993. The molecular formula is C28H33NO5. The van der Waals surface area contributed by atoms with Crippen molar-refractivity contribution >= 4 is 17.7 Å². The Labute approximate surface area is 200 Å². The van der Waals surface area contributed by atoms with E-state index in [1.165, 1.54) is 11.1 Å². The van der Waals surface area contributed by atoms with Crippen molar-refractivity contribution in [2.75, 3.05) is 0 Å². The Balaban J connectivity index is 0.000000257. The number of carboxylic acids is 1. The number of hydrogen-bond acceptors (Lipinski definition) is 4. The van der Waals surface area contributed by atoms with Gasteiger partial charge in [0, 0.05) is 12.8 Å². The molecule has 5 atom stereocenters. The molecule has 3 N–H and O–H groups in total. The Bertz CT molecular complexity index is 1080. The number of aromatic hydroxyl groups is 1. The fourth-order valence-electron chi connectivity index (χ4n) is 6.45. The fourth-order valence-corrected chi connectivity index (χ4v) is 6.45. The zero-order valence-electron chi connectivity index (χ0n) is 19.8. The van der Waals surface area contributed by atoms with Crippen LogP contribution in [0.1, 0.15) is 73.4 Å². The third kappa shape index (κ3) is 4.46. The van der Waals surface area contributed by atoms with Gasteiger partial charge in [-0.25, -0.2) is 4.79 Å². The quantitative estimate of drug-likeness (QED) is 0.612. The SMILES string of the molecule is CCC(=O)N[C@H]1C(=O)C[C@H]2[C@@H]3CCc4cc(O)ccc4[C@H]3CC[C@]12C.O=C(O)c1ccccc1. The molecule has 5 rings (SSSR count). The van der Waals surface area contributed by atoms with E-state index in [4.69, 9.17) is 5.11 Å². The van der Waals surface area contributed by atoms with Crippen LogP contribution in [0.5, 0.6) is 5.75 Å². The van der Waals surface area contributed by atoms with Gasteiger partial charge >= 0.3 is 5.97 Å². The molecule has 0 unspecified atom stereocenters. The van der Waals surface area contributed by atoms with E-state index in [2.05, 4.69) is 18.3 Å². The molecule has 2 saturated carbocycles. The van der Waals surface area contributed by atoms with Crippen LogP contribution in [0.2, 0.25) is 0 Å². The zero-order chi connectivity index (χ0) is 24.5. The van der Waals surface area contributed by atoms with Crippen LogP contribution in [0.3, 0.4) is 0 Å². The first-order valence-electron chi connectivity index (χ1n) is 12.2. The van der Waals surface area contributed by atoms with Gasteiger partial charge in [0.1, 0.15) is 5.75 Å². The maximum atomic E-state index is 12.7. The molecule has 1 amide bonds. The minimum absolute atomic E-state index is 0.0215. The lowest BCUT2D eigenvalue weighted by molar-refractivity contribution is -0.128. The largest absolute Gasteiger partial charge is 0.508 e. The molecule has 6 nitrogen and oxygen atoms in total. The summed E-state index contributed by atoms with van der Waals surface area (Å²) in [5, 5.41) is 21.2. The lowest BCUT2D eigenvalue weighted by Crippen LogP contribution is -2.51. The van der Waals surface area contributed by atoms with Gasteiger partial charge in [0.05, 0.1) is 11.6 Å². The highest BCUT2D eigenvalue weighted by Gasteiger charge is 2.58. The van der Waals surface area contributed by atoms with Crippen molar-refractivity contribution in [2.24, 2.45) is 17.3 Å². The molecule has 2 aromatic carbocycles. The molecule has 34 heavy (non-hydrogen) atoms. The van der Waals surface area contributed by atoms with Gasteiger partial charge in [-0.05, 0) is 84.2 Å². The Morgan fingerprint density at radius 2 is 1.85 bits per heavy atom. The number of carbonyl (C=O) groups is 3. The number of aryl methyl sites for hydroxylation is 1. The van der Waals surface area contributed by atoms with Gasteiger partial charge in [-0.15, -0.1) is 0 Å². The number of carboxylic acid groups (broad SMARTS) is 1. The predicted octanol–water partition coefficient (Wildman–Crippen LogP) is 4.71. The first kappa shape index (κ1) is 24.0. The topological polar surface area (TPSA) is 104 Å². The molecule has 0 radical (unpaired) electrons. The van der Waals surface area contributed by atoms with Gasteiger partial charge in [-0.2, -0.15) is 0 Å². The highest BCUT2D eigenvalue weighted by atomic mass is 16.4. The van der Waals surface area contributed by atoms with E-state index in [1.807, 2.05) is 13.0 Å². The highest BCUT2D eigenvalue weighted by Crippen LogP contribution is 2.60. The number of aromatic carboxylic acids is 1. The van der Waals surface area contributed by atoms with Crippen LogP contribution in [0, 0.1) is 17.3 Å². The highest BCUT2D eigenvalue weighted by molar-refractivity contribution is 5.92. The summed E-state index contributed by atoms with van der Waals surface area (Å²) >= 11 is 0. The van der Waals surface area contributed by atoms with Crippen molar-refractivity contribution in [1.29, 1.82) is 0 Å². The minimum Gasteiger partial charge on any atom is -0.508 e. The van der Waals surface area contributed by atoms with E-state index in [1.54, 1.807) is 36.4 Å². The number of benzene rings is 2. The van der Waals surface area contributed by atoms with Crippen molar-refractivity contribution < 1.29 is 24.6 Å². The maximum absolute atomic E-state index is 12.7. The summed E-state index contributed by atoms with van der Waals surface area (Å²) in [5.41, 5.74) is 2.85. The van der Waals surface area contributed by atoms with Crippen molar-refractivity contribution in [3.05, 3.63) is 65.2 Å². The van der Waals surface area contributed by atoms with Crippen LogP contribution >= 0.6 is 0 Å². The summed E-state index contributed by atoms with van der Waals surface area (Å²) in [6.45, 7) is 4.05. The van der Waals surface area contributed by atoms with Gasteiger partial charge < -0.3 is 15.5 Å². The number of rotatable bonds is 3. The van der Waals surface area contributed by atoms with E-state index in [0.29, 0.717) is 41.9 Å². The molecule has 6 heteroatoms. The van der Waals surface area contributed by atoms with Gasteiger partial charge in [-0.1, -0.05) is 38.1 Å². The number of phenols is 1. The Morgan fingerprint density at radius 1 is 1.12 bits per heavy atom. The number of carbonyl (C=O) groups excluding carboxylic acids is 2. The minimum atomic E-state index is -0.879.